The van der Waals surface area contributed by atoms with Crippen LogP contribution in [0.15, 0.2) is 48.5 Å². The summed E-state index contributed by atoms with van der Waals surface area (Å²) in [5.41, 5.74) is 2.86. The number of fused-ring (bicyclic) bond motifs is 1. The maximum atomic E-state index is 12.4. The average molecular weight is 430 g/mol. The Bertz CT molecular complexity index is 960. The summed E-state index contributed by atoms with van der Waals surface area (Å²) in [7, 11) is 0. The standard InChI is InChI=1S/C23H25Cl2N3O/c24-19-6-5-17(14-20(19)25)13-16-7-10-28(11-8-16)12-9-26-23(29)22-15-18-3-1-2-4-21(18)27-22/h1-6,14-16,27H,7-13H2,(H,26,29). The molecule has 29 heavy (non-hydrogen) atoms. The number of nitrogens with one attached hydrogen (secondary N) is 2. The van der Waals surface area contributed by atoms with E-state index in [2.05, 4.69) is 21.3 Å². The van der Waals surface area contributed by atoms with Gasteiger partial charge in [0, 0.05) is 24.0 Å². The third-order valence-corrected chi connectivity index (χ3v) is 6.44. The monoisotopic (exact) mass is 429 g/mol. The first-order valence-electron chi connectivity index (χ1n) is 10.1. The molecule has 6 heteroatoms. The fraction of sp³-hybridized carbons (Fsp3) is 0.348. The smallest absolute Gasteiger partial charge is 0.267 e. The molecule has 3 aromatic rings. The molecule has 0 unspecified atom stereocenters. The Labute approximate surface area is 181 Å². The van der Waals surface area contributed by atoms with E-state index in [0.29, 0.717) is 28.2 Å². The number of carbonyl (C=O) groups excluding carboxylic acids is 1. The maximum absolute atomic E-state index is 12.4. The normalized spacial score (nSPS) is 15.7. The molecule has 152 valence electrons. The van der Waals surface area contributed by atoms with E-state index >= 15 is 0 Å². The number of para-hydroxylation sites is 1. The van der Waals surface area contributed by atoms with E-state index in [1.165, 1.54) is 5.56 Å². The largest absolute Gasteiger partial charge is 0.351 e. The van der Waals surface area contributed by atoms with Crippen LogP contribution in [0.25, 0.3) is 10.9 Å². The minimum atomic E-state index is -0.0456. The first-order valence-corrected chi connectivity index (χ1v) is 10.9. The Kier molecular flexibility index (Phi) is 6.43. The molecule has 4 rings (SSSR count). The molecule has 2 aromatic carbocycles. The van der Waals surface area contributed by atoms with Crippen molar-refractivity contribution in [1.29, 1.82) is 0 Å². The van der Waals surface area contributed by atoms with Gasteiger partial charge in [-0.2, -0.15) is 0 Å². The molecule has 1 aliphatic rings. The third kappa shape index (κ3) is 5.13. The summed E-state index contributed by atoms with van der Waals surface area (Å²) >= 11 is 12.1. The molecule has 1 fully saturated rings. The van der Waals surface area contributed by atoms with Crippen molar-refractivity contribution >= 4 is 40.0 Å². The van der Waals surface area contributed by atoms with E-state index in [1.54, 1.807) is 0 Å². The number of aromatic amines is 1. The van der Waals surface area contributed by atoms with E-state index < -0.39 is 0 Å². The Morgan fingerprint density at radius 2 is 1.86 bits per heavy atom. The van der Waals surface area contributed by atoms with Gasteiger partial charge >= 0.3 is 0 Å². The zero-order valence-electron chi connectivity index (χ0n) is 16.3. The van der Waals surface area contributed by atoms with Crippen molar-refractivity contribution in [3.05, 3.63) is 69.8 Å². The lowest BCUT2D eigenvalue weighted by Gasteiger charge is -2.32. The predicted octanol–water partition coefficient (Wildman–Crippen LogP) is 5.16. The molecule has 0 atom stereocenters. The zero-order valence-corrected chi connectivity index (χ0v) is 17.8. The molecule has 0 radical (unpaired) electrons. The van der Waals surface area contributed by atoms with E-state index in [4.69, 9.17) is 23.2 Å². The van der Waals surface area contributed by atoms with E-state index in [9.17, 15) is 4.79 Å². The molecule has 1 aliphatic heterocycles. The molecular formula is C23H25Cl2N3O. The van der Waals surface area contributed by atoms with Crippen LogP contribution in [0, 0.1) is 5.92 Å². The first-order chi connectivity index (χ1) is 14.1. The molecule has 2 N–H and O–H groups in total. The maximum Gasteiger partial charge on any atom is 0.267 e. The molecular weight excluding hydrogens is 405 g/mol. The highest BCUT2D eigenvalue weighted by Crippen LogP contribution is 2.26. The van der Waals surface area contributed by atoms with Crippen LogP contribution < -0.4 is 5.32 Å². The number of hydrogen-bond donors (Lipinski definition) is 2. The van der Waals surface area contributed by atoms with Crippen molar-refractivity contribution in [2.24, 2.45) is 5.92 Å². The van der Waals surface area contributed by atoms with Gasteiger partial charge in [-0.15, -0.1) is 0 Å². The minimum Gasteiger partial charge on any atom is -0.351 e. The van der Waals surface area contributed by atoms with Gasteiger partial charge in [0.15, 0.2) is 0 Å². The van der Waals surface area contributed by atoms with Crippen molar-refractivity contribution in [2.45, 2.75) is 19.3 Å². The minimum absolute atomic E-state index is 0.0456. The number of rotatable bonds is 6. The van der Waals surface area contributed by atoms with Crippen molar-refractivity contribution in [1.82, 2.24) is 15.2 Å². The number of benzene rings is 2. The number of amides is 1. The summed E-state index contributed by atoms with van der Waals surface area (Å²) in [4.78, 5) is 18.0. The number of aromatic nitrogens is 1. The molecule has 4 nitrogen and oxygen atoms in total. The second-order valence-corrected chi connectivity index (χ2v) is 8.58. The first kappa shape index (κ1) is 20.3. The van der Waals surface area contributed by atoms with Gasteiger partial charge in [0.2, 0.25) is 0 Å². The van der Waals surface area contributed by atoms with Gasteiger partial charge in [-0.25, -0.2) is 0 Å². The molecule has 0 saturated carbocycles. The summed E-state index contributed by atoms with van der Waals surface area (Å²) in [5.74, 6) is 0.625. The van der Waals surface area contributed by atoms with Crippen molar-refractivity contribution < 1.29 is 4.79 Å². The number of piperidine rings is 1. The van der Waals surface area contributed by atoms with E-state index in [-0.39, 0.29) is 5.91 Å². The predicted molar refractivity (Wildman–Crippen MR) is 120 cm³/mol. The topological polar surface area (TPSA) is 48.1 Å². The van der Waals surface area contributed by atoms with Crippen molar-refractivity contribution in [3.63, 3.8) is 0 Å². The van der Waals surface area contributed by atoms with Gasteiger partial charge in [0.05, 0.1) is 10.0 Å². The summed E-state index contributed by atoms with van der Waals surface area (Å²) in [6.07, 6.45) is 3.37. The lowest BCUT2D eigenvalue weighted by molar-refractivity contribution is 0.0940. The fourth-order valence-corrected chi connectivity index (χ4v) is 4.35. The van der Waals surface area contributed by atoms with Gasteiger partial charge in [0.1, 0.15) is 5.69 Å². The Balaban J connectivity index is 1.20. The number of halogens is 2. The number of nitrogens with zero attached hydrogens (tertiary/aromatic N) is 1. The Morgan fingerprint density at radius 3 is 2.62 bits per heavy atom. The number of carbonyl (C=O) groups is 1. The van der Waals surface area contributed by atoms with E-state index in [1.807, 2.05) is 42.5 Å². The SMILES string of the molecule is O=C(NCCN1CCC(Cc2ccc(Cl)c(Cl)c2)CC1)c1cc2ccccc2[nH]1. The van der Waals surface area contributed by atoms with Gasteiger partial charge in [-0.1, -0.05) is 47.5 Å². The summed E-state index contributed by atoms with van der Waals surface area (Å²) in [5, 5.41) is 5.33. The second-order valence-electron chi connectivity index (χ2n) is 7.76. The van der Waals surface area contributed by atoms with Gasteiger partial charge in [0.25, 0.3) is 5.91 Å². The van der Waals surface area contributed by atoms with Crippen molar-refractivity contribution in [2.75, 3.05) is 26.2 Å². The molecule has 1 saturated heterocycles. The highest BCUT2D eigenvalue weighted by molar-refractivity contribution is 6.42. The van der Waals surface area contributed by atoms with Crippen molar-refractivity contribution in [3.8, 4) is 0 Å². The Hall–Kier alpha value is -2.01. The second kappa shape index (κ2) is 9.21. The molecule has 1 amide bonds. The van der Waals surface area contributed by atoms with Crippen LogP contribution >= 0.6 is 23.2 Å². The average Bonchev–Trinajstić information content (AvgIpc) is 3.16. The number of H-pyrrole nitrogens is 1. The molecule has 0 spiro atoms. The van der Waals surface area contributed by atoms with E-state index in [0.717, 1.165) is 49.8 Å². The summed E-state index contributed by atoms with van der Waals surface area (Å²) < 4.78 is 0. The third-order valence-electron chi connectivity index (χ3n) is 5.70. The van der Waals surface area contributed by atoms with Crippen LogP contribution in [-0.4, -0.2) is 42.0 Å². The Morgan fingerprint density at radius 1 is 1.07 bits per heavy atom. The lowest BCUT2D eigenvalue weighted by atomic mass is 9.90. The van der Waals surface area contributed by atoms with Crippen LogP contribution in [0.4, 0.5) is 0 Å². The van der Waals surface area contributed by atoms with Crippen LogP contribution in [0.5, 0.6) is 0 Å². The van der Waals surface area contributed by atoms with Gasteiger partial charge < -0.3 is 15.2 Å². The molecule has 0 bridgehead atoms. The van der Waals surface area contributed by atoms with Crippen LogP contribution in [0.3, 0.4) is 0 Å². The van der Waals surface area contributed by atoms with Crippen LogP contribution in [0.2, 0.25) is 10.0 Å². The number of hydrogen-bond acceptors (Lipinski definition) is 2. The lowest BCUT2D eigenvalue weighted by Crippen LogP contribution is -2.40. The number of likely N-dealkylation sites (tertiary alicyclic amines) is 1. The zero-order chi connectivity index (χ0) is 20.2. The van der Waals surface area contributed by atoms with Gasteiger partial charge in [-0.05, 0) is 68.1 Å². The van der Waals surface area contributed by atoms with Crippen LogP contribution in [-0.2, 0) is 6.42 Å². The highest BCUT2D eigenvalue weighted by Gasteiger charge is 2.20. The quantitative estimate of drug-likeness (QED) is 0.568. The summed E-state index contributed by atoms with van der Waals surface area (Å²) in [6, 6.07) is 15.8. The van der Waals surface area contributed by atoms with Gasteiger partial charge in [-0.3, -0.25) is 4.79 Å². The fourth-order valence-electron chi connectivity index (χ4n) is 4.03. The molecule has 1 aromatic heterocycles. The van der Waals surface area contributed by atoms with Crippen LogP contribution in [0.1, 0.15) is 28.9 Å². The molecule has 2 heterocycles. The summed E-state index contributed by atoms with van der Waals surface area (Å²) in [6.45, 7) is 3.67. The molecule has 0 aliphatic carbocycles. The highest BCUT2D eigenvalue weighted by atomic mass is 35.5.